The second-order valence-corrected chi connectivity index (χ2v) is 6.35. The number of nitrogens with one attached hydrogen (secondary N) is 1. The Kier molecular flexibility index (Phi) is 4.55. The van der Waals surface area contributed by atoms with Crippen molar-refractivity contribution in [3.05, 3.63) is 0 Å². The molecular formula is C10H21NO3S. The highest BCUT2D eigenvalue weighted by Crippen LogP contribution is 2.43. The third kappa shape index (κ3) is 3.74. The van der Waals surface area contributed by atoms with Crippen molar-refractivity contribution in [2.75, 3.05) is 18.9 Å². The monoisotopic (exact) mass is 235 g/mol. The maximum Gasteiger partial charge on any atom is 0.211 e. The van der Waals surface area contributed by atoms with Crippen LogP contribution in [0, 0.1) is 5.41 Å². The molecule has 0 aromatic carbocycles. The molecule has 90 valence electrons. The van der Waals surface area contributed by atoms with Crippen LogP contribution in [0.1, 0.15) is 39.0 Å². The van der Waals surface area contributed by atoms with E-state index in [1.54, 1.807) is 0 Å². The van der Waals surface area contributed by atoms with E-state index in [2.05, 4.69) is 11.6 Å². The minimum absolute atomic E-state index is 0.0310. The van der Waals surface area contributed by atoms with Crippen LogP contribution in [0.5, 0.6) is 0 Å². The van der Waals surface area contributed by atoms with Crippen LogP contribution >= 0.6 is 0 Å². The van der Waals surface area contributed by atoms with Gasteiger partial charge in [-0.3, -0.25) is 0 Å². The Morgan fingerprint density at radius 1 is 1.40 bits per heavy atom. The van der Waals surface area contributed by atoms with Crippen LogP contribution in [-0.4, -0.2) is 32.4 Å². The van der Waals surface area contributed by atoms with Crippen molar-refractivity contribution >= 4 is 10.0 Å². The molecule has 0 unspecified atom stereocenters. The summed E-state index contributed by atoms with van der Waals surface area (Å²) in [6, 6.07) is 0. The molecular weight excluding hydrogens is 214 g/mol. The lowest BCUT2D eigenvalue weighted by atomic mass is 9.67. The number of hydrogen-bond acceptors (Lipinski definition) is 3. The van der Waals surface area contributed by atoms with E-state index in [1.165, 1.54) is 6.42 Å². The average Bonchev–Trinajstić information content (AvgIpc) is 2.14. The Morgan fingerprint density at radius 2 is 2.07 bits per heavy atom. The predicted octanol–water partition coefficient (Wildman–Crippen LogP) is 0.868. The summed E-state index contributed by atoms with van der Waals surface area (Å²) < 4.78 is 25.6. The molecule has 2 N–H and O–H groups in total. The molecule has 0 aliphatic heterocycles. The van der Waals surface area contributed by atoms with E-state index in [0.717, 1.165) is 19.3 Å². The molecule has 0 radical (unpaired) electrons. The van der Waals surface area contributed by atoms with Gasteiger partial charge in [0.25, 0.3) is 0 Å². The molecule has 5 heteroatoms. The minimum atomic E-state index is -3.17. The molecule has 1 saturated carbocycles. The van der Waals surface area contributed by atoms with E-state index in [4.69, 9.17) is 5.11 Å². The van der Waals surface area contributed by atoms with Crippen LogP contribution in [0.2, 0.25) is 0 Å². The quantitative estimate of drug-likeness (QED) is 0.688. The molecule has 1 rings (SSSR count). The molecule has 1 fully saturated rings. The summed E-state index contributed by atoms with van der Waals surface area (Å²) in [4.78, 5) is 0. The van der Waals surface area contributed by atoms with Crippen molar-refractivity contribution in [1.29, 1.82) is 0 Å². The molecule has 0 aromatic rings. The zero-order valence-corrected chi connectivity index (χ0v) is 10.1. The number of hydrogen-bond donors (Lipinski definition) is 2. The Hall–Kier alpha value is -0.130. The third-order valence-electron chi connectivity index (χ3n) is 3.40. The van der Waals surface area contributed by atoms with Crippen molar-refractivity contribution in [2.24, 2.45) is 5.41 Å². The molecule has 0 heterocycles. The first-order valence-corrected chi connectivity index (χ1v) is 7.27. The summed E-state index contributed by atoms with van der Waals surface area (Å²) in [5, 5.41) is 8.57. The number of aliphatic hydroxyl groups excluding tert-OH is 1. The second kappa shape index (κ2) is 5.27. The van der Waals surface area contributed by atoms with Gasteiger partial charge in [0.05, 0.1) is 5.75 Å². The van der Waals surface area contributed by atoms with Gasteiger partial charge in [-0.2, -0.15) is 0 Å². The Morgan fingerprint density at radius 3 is 2.47 bits per heavy atom. The zero-order chi connectivity index (χ0) is 11.4. The van der Waals surface area contributed by atoms with Crippen LogP contribution in [-0.2, 0) is 10.0 Å². The van der Waals surface area contributed by atoms with Gasteiger partial charge in [0, 0.05) is 13.2 Å². The predicted molar refractivity (Wildman–Crippen MR) is 60.1 cm³/mol. The van der Waals surface area contributed by atoms with Crippen molar-refractivity contribution in [3.63, 3.8) is 0 Å². The van der Waals surface area contributed by atoms with Crippen molar-refractivity contribution < 1.29 is 13.5 Å². The topological polar surface area (TPSA) is 66.4 Å². The fraction of sp³-hybridized carbons (Fsp3) is 1.00. The first-order chi connectivity index (χ1) is 7.04. The van der Waals surface area contributed by atoms with Gasteiger partial charge in [-0.05, 0) is 31.1 Å². The smallest absolute Gasteiger partial charge is 0.211 e. The van der Waals surface area contributed by atoms with Crippen LogP contribution in [0.3, 0.4) is 0 Å². The minimum Gasteiger partial charge on any atom is -0.396 e. The lowest BCUT2D eigenvalue weighted by molar-refractivity contribution is 0.133. The molecule has 15 heavy (non-hydrogen) atoms. The summed E-state index contributed by atoms with van der Waals surface area (Å²) in [6.07, 6.45) is 4.83. The van der Waals surface area contributed by atoms with Gasteiger partial charge in [-0.15, -0.1) is 0 Å². The first kappa shape index (κ1) is 12.9. The fourth-order valence-electron chi connectivity index (χ4n) is 1.92. The average molecular weight is 235 g/mol. The van der Waals surface area contributed by atoms with E-state index >= 15 is 0 Å². The number of rotatable bonds is 7. The van der Waals surface area contributed by atoms with Crippen LogP contribution in [0.25, 0.3) is 0 Å². The Balaban J connectivity index is 2.35. The largest absolute Gasteiger partial charge is 0.396 e. The normalized spacial score (nSPS) is 19.9. The molecule has 1 aliphatic rings. The standard InChI is InChI=1S/C10H21NO3S/c1-2-10(5-3-6-10)9-11-15(13,14)8-4-7-12/h11-12H,2-9H2,1H3. The highest BCUT2D eigenvalue weighted by molar-refractivity contribution is 7.89. The lowest BCUT2D eigenvalue weighted by Crippen LogP contribution is -2.42. The molecule has 0 aromatic heterocycles. The Labute approximate surface area is 92.1 Å². The Bertz CT molecular complexity index is 278. The third-order valence-corrected chi connectivity index (χ3v) is 4.81. The second-order valence-electron chi connectivity index (χ2n) is 4.42. The van der Waals surface area contributed by atoms with Gasteiger partial charge in [-0.1, -0.05) is 13.3 Å². The van der Waals surface area contributed by atoms with Crippen LogP contribution in [0.15, 0.2) is 0 Å². The summed E-state index contributed by atoms with van der Waals surface area (Å²) in [6.45, 7) is 2.61. The van der Waals surface area contributed by atoms with E-state index in [1.807, 2.05) is 0 Å². The lowest BCUT2D eigenvalue weighted by Gasteiger charge is -2.41. The van der Waals surface area contributed by atoms with Gasteiger partial charge in [0.2, 0.25) is 10.0 Å². The molecule has 0 amide bonds. The first-order valence-electron chi connectivity index (χ1n) is 5.62. The maximum atomic E-state index is 11.5. The van der Waals surface area contributed by atoms with Gasteiger partial charge >= 0.3 is 0 Å². The number of sulfonamides is 1. The van der Waals surface area contributed by atoms with Crippen LogP contribution in [0.4, 0.5) is 0 Å². The highest BCUT2D eigenvalue weighted by atomic mass is 32.2. The van der Waals surface area contributed by atoms with E-state index in [-0.39, 0.29) is 17.8 Å². The van der Waals surface area contributed by atoms with Crippen molar-refractivity contribution in [1.82, 2.24) is 4.72 Å². The van der Waals surface area contributed by atoms with Crippen LogP contribution < -0.4 is 4.72 Å². The molecule has 1 aliphatic carbocycles. The summed E-state index contributed by atoms with van der Waals surface area (Å²) in [5.74, 6) is 0.0310. The van der Waals surface area contributed by atoms with Gasteiger partial charge in [-0.25, -0.2) is 13.1 Å². The van der Waals surface area contributed by atoms with E-state index in [9.17, 15) is 8.42 Å². The summed E-state index contributed by atoms with van der Waals surface area (Å²) >= 11 is 0. The summed E-state index contributed by atoms with van der Waals surface area (Å²) in [7, 11) is -3.17. The van der Waals surface area contributed by atoms with E-state index < -0.39 is 10.0 Å². The molecule has 0 saturated heterocycles. The fourth-order valence-corrected chi connectivity index (χ4v) is 3.10. The molecule has 4 nitrogen and oxygen atoms in total. The highest BCUT2D eigenvalue weighted by Gasteiger charge is 2.35. The SMILES string of the molecule is CCC1(CNS(=O)(=O)CCCO)CCC1. The van der Waals surface area contributed by atoms with Crippen molar-refractivity contribution in [2.45, 2.75) is 39.0 Å². The molecule has 0 spiro atoms. The van der Waals surface area contributed by atoms with Crippen molar-refractivity contribution in [3.8, 4) is 0 Å². The summed E-state index contributed by atoms with van der Waals surface area (Å²) in [5.41, 5.74) is 0.215. The number of aliphatic hydroxyl groups is 1. The zero-order valence-electron chi connectivity index (χ0n) is 9.33. The van der Waals surface area contributed by atoms with E-state index in [0.29, 0.717) is 13.0 Å². The molecule has 0 atom stereocenters. The maximum absolute atomic E-state index is 11.5. The van der Waals surface area contributed by atoms with Gasteiger partial charge < -0.3 is 5.11 Å². The molecule has 0 bridgehead atoms. The van der Waals surface area contributed by atoms with Gasteiger partial charge in [0.15, 0.2) is 0 Å². The van der Waals surface area contributed by atoms with Gasteiger partial charge in [0.1, 0.15) is 0 Å².